The lowest BCUT2D eigenvalue weighted by Crippen LogP contribution is -2.29. The van der Waals surface area contributed by atoms with Crippen LogP contribution in [0.1, 0.15) is 29.5 Å². The first-order valence-electron chi connectivity index (χ1n) is 8.56. The van der Waals surface area contributed by atoms with Gasteiger partial charge in [-0.05, 0) is 29.5 Å². The van der Waals surface area contributed by atoms with Crippen molar-refractivity contribution in [3.63, 3.8) is 0 Å². The fourth-order valence-corrected chi connectivity index (χ4v) is 4.05. The Morgan fingerprint density at radius 2 is 1.92 bits per heavy atom. The Kier molecular flexibility index (Phi) is 4.03. The van der Waals surface area contributed by atoms with Crippen molar-refractivity contribution in [3.8, 4) is 11.5 Å². The van der Waals surface area contributed by atoms with E-state index in [2.05, 4.69) is 23.5 Å². The van der Waals surface area contributed by atoms with Gasteiger partial charge in [0.05, 0.1) is 30.9 Å². The Labute approximate surface area is 151 Å². The molecule has 2 aromatic carbocycles. The zero-order chi connectivity index (χ0) is 18.3. The highest BCUT2D eigenvalue weighted by Gasteiger charge is 2.39. The lowest BCUT2D eigenvalue weighted by atomic mass is 9.77. The van der Waals surface area contributed by atoms with Crippen LogP contribution in [0.3, 0.4) is 0 Å². The number of nitro benzene ring substituents is 1. The minimum absolute atomic E-state index is 0.0607. The lowest BCUT2D eigenvalue weighted by molar-refractivity contribution is -0.384. The second-order valence-electron chi connectivity index (χ2n) is 6.62. The first-order chi connectivity index (χ1) is 12.6. The molecule has 0 unspecified atom stereocenters. The van der Waals surface area contributed by atoms with E-state index in [-0.39, 0.29) is 22.6 Å². The maximum Gasteiger partial charge on any atom is 0.269 e. The van der Waals surface area contributed by atoms with Crippen molar-refractivity contribution >= 4 is 11.4 Å². The third-order valence-corrected chi connectivity index (χ3v) is 5.32. The number of hydrogen-bond donors (Lipinski definition) is 1. The van der Waals surface area contributed by atoms with Crippen LogP contribution in [0, 0.1) is 16.0 Å². The summed E-state index contributed by atoms with van der Waals surface area (Å²) in [5, 5.41) is 14.5. The fourth-order valence-electron chi connectivity index (χ4n) is 4.05. The van der Waals surface area contributed by atoms with E-state index < -0.39 is 0 Å². The number of ether oxygens (including phenoxy) is 2. The molecular weight excluding hydrogens is 332 g/mol. The second-order valence-corrected chi connectivity index (χ2v) is 6.62. The summed E-state index contributed by atoms with van der Waals surface area (Å²) in [7, 11) is 3.30. The van der Waals surface area contributed by atoms with Crippen LogP contribution >= 0.6 is 0 Å². The lowest BCUT2D eigenvalue weighted by Gasteiger charge is -2.38. The van der Waals surface area contributed by atoms with E-state index in [4.69, 9.17) is 9.47 Å². The molecule has 0 bridgehead atoms. The van der Waals surface area contributed by atoms with Crippen molar-refractivity contribution in [1.82, 2.24) is 0 Å². The monoisotopic (exact) mass is 352 g/mol. The molecule has 0 amide bonds. The van der Waals surface area contributed by atoms with Gasteiger partial charge >= 0.3 is 0 Å². The van der Waals surface area contributed by atoms with Gasteiger partial charge in [0.15, 0.2) is 0 Å². The first kappa shape index (κ1) is 16.4. The molecule has 134 valence electrons. The molecule has 4 rings (SSSR count). The van der Waals surface area contributed by atoms with Crippen LogP contribution in [0.25, 0.3) is 0 Å². The van der Waals surface area contributed by atoms with Gasteiger partial charge in [0.25, 0.3) is 5.69 Å². The van der Waals surface area contributed by atoms with E-state index in [0.29, 0.717) is 5.92 Å². The van der Waals surface area contributed by atoms with Crippen molar-refractivity contribution < 1.29 is 14.4 Å². The number of benzene rings is 2. The largest absolute Gasteiger partial charge is 0.497 e. The molecule has 26 heavy (non-hydrogen) atoms. The van der Waals surface area contributed by atoms with E-state index in [1.54, 1.807) is 26.4 Å². The number of rotatable bonds is 4. The highest BCUT2D eigenvalue weighted by atomic mass is 16.6. The average Bonchev–Trinajstić information content (AvgIpc) is 3.16. The molecule has 6 heteroatoms. The average molecular weight is 352 g/mol. The number of nitro groups is 1. The molecule has 1 N–H and O–H groups in total. The second kappa shape index (κ2) is 6.37. The Bertz CT molecular complexity index is 876. The number of non-ortho nitro benzene ring substituents is 1. The summed E-state index contributed by atoms with van der Waals surface area (Å²) in [4.78, 5) is 10.6. The number of anilines is 1. The molecule has 0 aromatic heterocycles. The van der Waals surface area contributed by atoms with Gasteiger partial charge in [0.1, 0.15) is 11.5 Å². The molecule has 1 heterocycles. The van der Waals surface area contributed by atoms with Gasteiger partial charge in [0, 0.05) is 24.1 Å². The SMILES string of the molecule is COc1cc(OC)c2c(c1)[C@@H]1C=CC[C@@H]1[C@H](c1ccc([N+](=O)[O-])cc1)N2. The molecule has 3 atom stereocenters. The molecule has 1 aliphatic heterocycles. The predicted octanol–water partition coefficient (Wildman–Crippen LogP) is 4.44. The maximum atomic E-state index is 10.9. The molecule has 2 aliphatic rings. The van der Waals surface area contributed by atoms with Crippen molar-refractivity contribution in [2.45, 2.75) is 18.4 Å². The number of hydrogen-bond acceptors (Lipinski definition) is 5. The Balaban J connectivity index is 1.77. The van der Waals surface area contributed by atoms with Crippen molar-refractivity contribution in [3.05, 3.63) is 69.8 Å². The van der Waals surface area contributed by atoms with Crippen molar-refractivity contribution in [2.75, 3.05) is 19.5 Å². The number of nitrogens with one attached hydrogen (secondary N) is 1. The highest BCUT2D eigenvalue weighted by molar-refractivity contribution is 5.70. The van der Waals surface area contributed by atoms with Gasteiger partial charge in [-0.3, -0.25) is 10.1 Å². The van der Waals surface area contributed by atoms with Crippen LogP contribution in [0.5, 0.6) is 11.5 Å². The molecule has 0 saturated carbocycles. The smallest absolute Gasteiger partial charge is 0.269 e. The Morgan fingerprint density at radius 1 is 1.15 bits per heavy atom. The zero-order valence-corrected chi connectivity index (χ0v) is 14.6. The quantitative estimate of drug-likeness (QED) is 0.500. The van der Waals surface area contributed by atoms with Gasteiger partial charge in [-0.1, -0.05) is 24.3 Å². The van der Waals surface area contributed by atoms with Crippen LogP contribution in [0.4, 0.5) is 11.4 Å². The minimum atomic E-state index is -0.372. The van der Waals surface area contributed by atoms with Gasteiger partial charge < -0.3 is 14.8 Å². The van der Waals surface area contributed by atoms with Crippen LogP contribution in [0.2, 0.25) is 0 Å². The summed E-state index contributed by atoms with van der Waals surface area (Å²) < 4.78 is 11.0. The summed E-state index contributed by atoms with van der Waals surface area (Å²) >= 11 is 0. The summed E-state index contributed by atoms with van der Waals surface area (Å²) in [6.45, 7) is 0. The number of allylic oxidation sites excluding steroid dienone is 2. The van der Waals surface area contributed by atoms with Gasteiger partial charge in [-0.25, -0.2) is 0 Å². The molecule has 0 radical (unpaired) electrons. The van der Waals surface area contributed by atoms with Gasteiger partial charge in [-0.2, -0.15) is 0 Å². The van der Waals surface area contributed by atoms with E-state index in [1.807, 2.05) is 18.2 Å². The third kappa shape index (κ3) is 2.58. The van der Waals surface area contributed by atoms with Crippen LogP contribution in [-0.4, -0.2) is 19.1 Å². The summed E-state index contributed by atoms with van der Waals surface area (Å²) in [6.07, 6.45) is 5.40. The van der Waals surface area contributed by atoms with E-state index in [9.17, 15) is 10.1 Å². The van der Waals surface area contributed by atoms with E-state index in [1.165, 1.54) is 0 Å². The number of nitrogens with zero attached hydrogens (tertiary/aromatic N) is 1. The van der Waals surface area contributed by atoms with E-state index in [0.717, 1.165) is 34.7 Å². The molecular formula is C20H20N2O4. The van der Waals surface area contributed by atoms with Crippen LogP contribution in [0.15, 0.2) is 48.6 Å². The standard InChI is InChI=1S/C20H20N2O4/c1-25-14-10-17-15-4-3-5-16(15)19(21-20(17)18(11-14)26-2)12-6-8-13(9-7-12)22(23)24/h3-4,6-11,15-16,19,21H,5H2,1-2H3/t15-,16+,19+/m1/s1. The van der Waals surface area contributed by atoms with Crippen LogP contribution < -0.4 is 14.8 Å². The maximum absolute atomic E-state index is 10.9. The third-order valence-electron chi connectivity index (χ3n) is 5.32. The Hall–Kier alpha value is -3.02. The van der Waals surface area contributed by atoms with E-state index >= 15 is 0 Å². The summed E-state index contributed by atoms with van der Waals surface area (Å²) in [5.74, 6) is 2.12. The topological polar surface area (TPSA) is 73.6 Å². The summed E-state index contributed by atoms with van der Waals surface area (Å²) in [6, 6.07) is 10.8. The summed E-state index contributed by atoms with van der Waals surface area (Å²) in [5.41, 5.74) is 3.27. The fraction of sp³-hybridized carbons (Fsp3) is 0.300. The molecule has 0 spiro atoms. The number of fused-ring (bicyclic) bond motifs is 3. The first-order valence-corrected chi connectivity index (χ1v) is 8.56. The normalized spacial score (nSPS) is 22.9. The predicted molar refractivity (Wildman–Crippen MR) is 99.0 cm³/mol. The van der Waals surface area contributed by atoms with Crippen LogP contribution in [-0.2, 0) is 0 Å². The van der Waals surface area contributed by atoms with Crippen molar-refractivity contribution in [1.29, 1.82) is 0 Å². The zero-order valence-electron chi connectivity index (χ0n) is 14.6. The molecule has 1 aliphatic carbocycles. The van der Waals surface area contributed by atoms with Gasteiger partial charge in [-0.15, -0.1) is 0 Å². The molecule has 0 saturated heterocycles. The Morgan fingerprint density at radius 3 is 2.58 bits per heavy atom. The number of methoxy groups -OCH3 is 2. The minimum Gasteiger partial charge on any atom is -0.497 e. The highest BCUT2D eigenvalue weighted by Crippen LogP contribution is 2.53. The molecule has 0 fully saturated rings. The van der Waals surface area contributed by atoms with Crippen molar-refractivity contribution in [2.24, 2.45) is 5.92 Å². The van der Waals surface area contributed by atoms with Gasteiger partial charge in [0.2, 0.25) is 0 Å². The molecule has 2 aromatic rings. The molecule has 6 nitrogen and oxygen atoms in total.